The Labute approximate surface area is 227 Å². The van der Waals surface area contributed by atoms with Crippen LogP contribution in [-0.4, -0.2) is 75.0 Å². The molecule has 4 unspecified atom stereocenters. The second-order valence-electron chi connectivity index (χ2n) is 10.2. The summed E-state index contributed by atoms with van der Waals surface area (Å²) in [4.78, 5) is 42.5. The molecule has 210 valence electrons. The monoisotopic (exact) mass is 553 g/mol. The SMILES string of the molecule is COc1cccc2c1C(=O)c1c(O)c3c(c(O)c1C2=O)C[C@@](O)(C(C)=O)C[C@@H]3OC1CC(N=[N+]=[N-])C(O)C(C)O1. The van der Waals surface area contributed by atoms with Crippen molar-refractivity contribution >= 4 is 17.3 Å². The first-order chi connectivity index (χ1) is 18.9. The molecule has 2 aromatic rings. The predicted octanol–water partition coefficient (Wildman–Crippen LogP) is 2.38. The molecule has 0 aromatic heterocycles. The minimum Gasteiger partial charge on any atom is -0.507 e. The van der Waals surface area contributed by atoms with Crippen LogP contribution in [0.15, 0.2) is 23.3 Å². The van der Waals surface area contributed by atoms with Crippen molar-refractivity contribution in [2.75, 3.05) is 7.11 Å². The summed E-state index contributed by atoms with van der Waals surface area (Å²) in [6.45, 7) is 2.69. The van der Waals surface area contributed by atoms with Crippen LogP contribution in [0.1, 0.15) is 75.8 Å². The van der Waals surface area contributed by atoms with Crippen molar-refractivity contribution in [1.29, 1.82) is 0 Å². The molecule has 13 heteroatoms. The summed E-state index contributed by atoms with van der Waals surface area (Å²) < 4.78 is 17.1. The van der Waals surface area contributed by atoms with E-state index in [1.54, 1.807) is 0 Å². The van der Waals surface area contributed by atoms with Crippen molar-refractivity contribution in [2.24, 2.45) is 5.11 Å². The summed E-state index contributed by atoms with van der Waals surface area (Å²) in [5, 5.41) is 48.0. The number of phenolic OH excluding ortho intramolecular Hbond substituents is 2. The third-order valence-electron chi connectivity index (χ3n) is 7.92. The molecule has 0 bridgehead atoms. The van der Waals surface area contributed by atoms with Crippen molar-refractivity contribution in [3.63, 3.8) is 0 Å². The van der Waals surface area contributed by atoms with Gasteiger partial charge in [0, 0.05) is 40.9 Å². The van der Waals surface area contributed by atoms with E-state index in [0.717, 1.165) is 6.92 Å². The van der Waals surface area contributed by atoms with Gasteiger partial charge < -0.3 is 34.6 Å². The Balaban J connectivity index is 1.67. The molecule has 0 spiro atoms. The number of hydrogen-bond acceptors (Lipinski definition) is 11. The van der Waals surface area contributed by atoms with E-state index >= 15 is 0 Å². The van der Waals surface area contributed by atoms with Gasteiger partial charge in [0.1, 0.15) is 22.8 Å². The molecule has 1 aliphatic heterocycles. The van der Waals surface area contributed by atoms with Gasteiger partial charge in [0.2, 0.25) is 5.78 Å². The van der Waals surface area contributed by atoms with Crippen LogP contribution in [0.3, 0.4) is 0 Å². The van der Waals surface area contributed by atoms with Gasteiger partial charge in [-0.2, -0.15) is 0 Å². The number of rotatable bonds is 5. The minimum atomic E-state index is -2.05. The number of methoxy groups -OCH3 is 1. The van der Waals surface area contributed by atoms with Gasteiger partial charge in [0.05, 0.1) is 48.2 Å². The Morgan fingerprint density at radius 1 is 1.18 bits per heavy atom. The van der Waals surface area contributed by atoms with Gasteiger partial charge >= 0.3 is 0 Å². The lowest BCUT2D eigenvalue weighted by atomic mass is 9.72. The number of aliphatic hydroxyl groups is 2. The van der Waals surface area contributed by atoms with Gasteiger partial charge in [0.25, 0.3) is 0 Å². The summed E-state index contributed by atoms with van der Waals surface area (Å²) in [7, 11) is 1.32. The smallest absolute Gasteiger partial charge is 0.202 e. The van der Waals surface area contributed by atoms with E-state index in [-0.39, 0.29) is 40.8 Å². The maximum Gasteiger partial charge on any atom is 0.202 e. The second kappa shape index (κ2) is 9.88. The molecule has 1 saturated heterocycles. The summed E-state index contributed by atoms with van der Waals surface area (Å²) in [5.74, 6) is -3.38. The molecule has 1 fully saturated rings. The third kappa shape index (κ3) is 4.10. The molecule has 2 aromatic carbocycles. The number of nitrogens with zero attached hydrogens (tertiary/aromatic N) is 3. The van der Waals surface area contributed by atoms with Gasteiger partial charge in [-0.15, -0.1) is 0 Å². The molecule has 2 aliphatic carbocycles. The van der Waals surface area contributed by atoms with E-state index in [0.29, 0.717) is 0 Å². The summed E-state index contributed by atoms with van der Waals surface area (Å²) in [5.41, 5.74) is 5.58. The highest BCUT2D eigenvalue weighted by atomic mass is 16.7. The number of azide groups is 1. The van der Waals surface area contributed by atoms with Gasteiger partial charge in [-0.1, -0.05) is 17.2 Å². The third-order valence-corrected chi connectivity index (χ3v) is 7.92. The minimum absolute atomic E-state index is 0.0378. The number of benzene rings is 2. The molecule has 0 radical (unpaired) electrons. The molecule has 13 nitrogen and oxygen atoms in total. The number of ether oxygens (including phenoxy) is 3. The standard InChI is InChI=1S/C27H27N3O10/c1-10-22(32)14(29-30-28)7-17(39-10)40-16-9-27(37,11(2)31)8-13-19(16)26(36)21-20(24(13)34)23(33)12-5-4-6-15(38-3)18(12)25(21)35/h4-6,10,14,16-17,22,32,34,36-37H,7-9H2,1-3H3/t10?,14?,16-,17?,22?,27-/m0/s1. The van der Waals surface area contributed by atoms with Gasteiger partial charge in [0.15, 0.2) is 17.9 Å². The van der Waals surface area contributed by atoms with Crippen molar-refractivity contribution in [1.82, 2.24) is 0 Å². The molecule has 40 heavy (non-hydrogen) atoms. The average molecular weight is 554 g/mol. The molecule has 0 saturated carbocycles. The molecule has 3 aliphatic rings. The van der Waals surface area contributed by atoms with Crippen LogP contribution < -0.4 is 4.74 Å². The number of aliphatic hydroxyl groups excluding tert-OH is 1. The number of fused-ring (bicyclic) bond motifs is 3. The van der Waals surface area contributed by atoms with E-state index in [4.69, 9.17) is 19.7 Å². The van der Waals surface area contributed by atoms with Crippen LogP contribution >= 0.6 is 0 Å². The fourth-order valence-corrected chi connectivity index (χ4v) is 5.78. The van der Waals surface area contributed by atoms with E-state index in [9.17, 15) is 34.8 Å². The van der Waals surface area contributed by atoms with Gasteiger partial charge in [-0.05, 0) is 25.4 Å². The van der Waals surface area contributed by atoms with Crippen LogP contribution in [0.2, 0.25) is 0 Å². The van der Waals surface area contributed by atoms with Crippen LogP contribution in [0.25, 0.3) is 10.4 Å². The first-order valence-electron chi connectivity index (χ1n) is 12.6. The number of Topliss-reactive ketones (excluding diaryl/α,β-unsaturated/α-hetero) is 1. The number of phenols is 2. The highest BCUT2D eigenvalue weighted by molar-refractivity contribution is 6.31. The van der Waals surface area contributed by atoms with Crippen molar-refractivity contribution in [3.8, 4) is 17.2 Å². The highest BCUT2D eigenvalue weighted by Crippen LogP contribution is 2.52. The van der Waals surface area contributed by atoms with E-state index < -0.39 is 82.6 Å². The topological polar surface area (TPSA) is 209 Å². The van der Waals surface area contributed by atoms with E-state index in [2.05, 4.69) is 10.0 Å². The van der Waals surface area contributed by atoms with Crippen molar-refractivity contribution < 1.29 is 49.0 Å². The molecule has 4 N–H and O–H groups in total. The maximum absolute atomic E-state index is 13.7. The molecule has 0 amide bonds. The Kier molecular flexibility index (Phi) is 6.81. The van der Waals surface area contributed by atoms with Gasteiger partial charge in [-0.3, -0.25) is 14.4 Å². The summed E-state index contributed by atoms with van der Waals surface area (Å²) >= 11 is 0. The van der Waals surface area contributed by atoms with E-state index in [1.165, 1.54) is 32.2 Å². The van der Waals surface area contributed by atoms with Crippen LogP contribution in [0.4, 0.5) is 0 Å². The second-order valence-corrected chi connectivity index (χ2v) is 10.2. The zero-order valence-electron chi connectivity index (χ0n) is 21.8. The Hall–Kier alpha value is -4.00. The normalized spacial score (nSPS) is 29.1. The van der Waals surface area contributed by atoms with Crippen LogP contribution in [-0.2, 0) is 20.7 Å². The summed E-state index contributed by atoms with van der Waals surface area (Å²) in [6, 6.07) is 3.47. The number of ketones is 3. The lowest BCUT2D eigenvalue weighted by molar-refractivity contribution is -0.247. The number of carbonyl (C=O) groups is 3. The molecular formula is C27H27N3O10. The number of carbonyl (C=O) groups excluding carboxylic acids is 3. The lowest BCUT2D eigenvalue weighted by Crippen LogP contribution is -2.49. The number of aromatic hydroxyl groups is 2. The fraction of sp³-hybridized carbons (Fsp3) is 0.444. The molecule has 6 atom stereocenters. The lowest BCUT2D eigenvalue weighted by Gasteiger charge is -2.42. The van der Waals surface area contributed by atoms with Crippen LogP contribution in [0, 0.1) is 0 Å². The van der Waals surface area contributed by atoms with Crippen molar-refractivity contribution in [3.05, 3.63) is 62.0 Å². The Morgan fingerprint density at radius 2 is 1.88 bits per heavy atom. The Morgan fingerprint density at radius 3 is 2.52 bits per heavy atom. The largest absolute Gasteiger partial charge is 0.507 e. The zero-order valence-corrected chi connectivity index (χ0v) is 21.8. The summed E-state index contributed by atoms with van der Waals surface area (Å²) in [6.07, 6.45) is -5.32. The average Bonchev–Trinajstić information content (AvgIpc) is 2.91. The number of hydrogen-bond donors (Lipinski definition) is 4. The quantitative estimate of drug-likeness (QED) is 0.157. The molecule has 1 heterocycles. The fourth-order valence-electron chi connectivity index (χ4n) is 5.78. The maximum atomic E-state index is 13.7. The molecule has 5 rings (SSSR count). The first-order valence-corrected chi connectivity index (χ1v) is 12.6. The highest BCUT2D eigenvalue weighted by Gasteiger charge is 2.49. The Bertz CT molecular complexity index is 1500. The zero-order chi connectivity index (χ0) is 29.1. The van der Waals surface area contributed by atoms with Gasteiger partial charge in [-0.25, -0.2) is 0 Å². The van der Waals surface area contributed by atoms with Crippen molar-refractivity contribution in [2.45, 2.75) is 69.4 Å². The molecular weight excluding hydrogens is 526 g/mol. The van der Waals surface area contributed by atoms with E-state index in [1.807, 2.05) is 0 Å². The first kappa shape index (κ1) is 27.6. The van der Waals surface area contributed by atoms with Crippen LogP contribution in [0.5, 0.6) is 17.2 Å². The predicted molar refractivity (Wildman–Crippen MR) is 135 cm³/mol.